The lowest BCUT2D eigenvalue weighted by Gasteiger charge is -2.10. The Bertz CT molecular complexity index is 615. The molecule has 0 unspecified atom stereocenters. The summed E-state index contributed by atoms with van der Waals surface area (Å²) in [6.45, 7) is 5.21. The molecule has 1 aromatic carbocycles. The molecule has 120 valence electrons. The van der Waals surface area contributed by atoms with Gasteiger partial charge in [-0.15, -0.1) is 0 Å². The first-order valence-electron chi connectivity index (χ1n) is 6.83. The minimum atomic E-state index is -1.31. The number of benzene rings is 1. The van der Waals surface area contributed by atoms with E-state index in [0.29, 0.717) is 6.07 Å². The van der Waals surface area contributed by atoms with Gasteiger partial charge in [0.2, 0.25) is 0 Å². The molecular weight excluding hydrogens is 361 g/mol. The van der Waals surface area contributed by atoms with Gasteiger partial charge in [0.1, 0.15) is 12.4 Å². The van der Waals surface area contributed by atoms with E-state index in [4.69, 9.17) is 4.74 Å². The second kappa shape index (κ2) is 6.07. The zero-order valence-corrected chi connectivity index (χ0v) is 14.0. The summed E-state index contributed by atoms with van der Waals surface area (Å²) in [4.78, 5) is 12.1. The van der Waals surface area contributed by atoms with Gasteiger partial charge in [-0.3, -0.25) is 4.79 Å². The average Bonchev–Trinajstić information content (AvgIpc) is 2.98. The van der Waals surface area contributed by atoms with E-state index in [9.17, 15) is 18.0 Å². The second-order valence-corrected chi connectivity index (χ2v) is 6.70. The van der Waals surface area contributed by atoms with Gasteiger partial charge in [0.05, 0.1) is 10.4 Å². The summed E-state index contributed by atoms with van der Waals surface area (Å²) in [5.41, 5.74) is -0.570. The number of esters is 1. The Morgan fingerprint density at radius 2 is 2.00 bits per heavy atom. The molecule has 0 heterocycles. The summed E-state index contributed by atoms with van der Waals surface area (Å²) in [5.74, 6) is -4.24. The molecule has 2 rings (SSSR count). The minimum Gasteiger partial charge on any atom is -0.460 e. The van der Waals surface area contributed by atoms with Gasteiger partial charge < -0.3 is 4.74 Å². The highest BCUT2D eigenvalue weighted by Gasteiger charge is 2.61. The molecule has 0 amide bonds. The smallest absolute Gasteiger partial charge is 0.310 e. The molecule has 2 atom stereocenters. The highest BCUT2D eigenvalue weighted by molar-refractivity contribution is 9.10. The van der Waals surface area contributed by atoms with E-state index in [1.807, 2.05) is 32.9 Å². The van der Waals surface area contributed by atoms with Crippen LogP contribution in [-0.2, 0) is 16.1 Å². The van der Waals surface area contributed by atoms with E-state index in [2.05, 4.69) is 15.9 Å². The summed E-state index contributed by atoms with van der Waals surface area (Å²) in [6.07, 6.45) is 3.78. The minimum absolute atomic E-state index is 0.0579. The largest absolute Gasteiger partial charge is 0.460 e. The molecular formula is C16H16BrF3O2. The Hall–Kier alpha value is -1.30. The highest BCUT2D eigenvalue weighted by Crippen LogP contribution is 2.59. The van der Waals surface area contributed by atoms with Gasteiger partial charge in [-0.05, 0) is 34.2 Å². The lowest BCUT2D eigenvalue weighted by atomic mass is 10.1. The molecule has 1 aliphatic carbocycles. The van der Waals surface area contributed by atoms with Crippen LogP contribution in [0.5, 0.6) is 0 Å². The molecule has 1 aliphatic rings. The van der Waals surface area contributed by atoms with Gasteiger partial charge in [-0.1, -0.05) is 26.0 Å². The quantitative estimate of drug-likeness (QED) is 0.430. The first kappa shape index (κ1) is 17.1. The van der Waals surface area contributed by atoms with E-state index in [1.54, 1.807) is 0 Å². The van der Waals surface area contributed by atoms with Crippen LogP contribution in [0.25, 0.3) is 0 Å². The monoisotopic (exact) mass is 376 g/mol. The number of hydrogen-bond acceptors (Lipinski definition) is 2. The molecule has 0 aromatic heterocycles. The number of allylic oxidation sites excluding steroid dienone is 2. The summed E-state index contributed by atoms with van der Waals surface area (Å²) in [6, 6.07) is 0.441. The Morgan fingerprint density at radius 1 is 1.36 bits per heavy atom. The normalized spacial score (nSPS) is 22.9. The SMILES string of the molecule is C/C=C\[C@@H]1[C@@H](C(=O)OCc2c(F)c(F)cc(F)c2Br)C1(C)C. The number of hydrogen-bond donors (Lipinski definition) is 0. The van der Waals surface area contributed by atoms with Crippen LogP contribution in [0.4, 0.5) is 13.2 Å². The molecule has 22 heavy (non-hydrogen) atoms. The van der Waals surface area contributed by atoms with Crippen LogP contribution in [0.2, 0.25) is 0 Å². The molecule has 2 nitrogen and oxygen atoms in total. The fourth-order valence-corrected chi connectivity index (χ4v) is 3.08. The maximum atomic E-state index is 13.7. The predicted octanol–water partition coefficient (Wildman–Crippen LogP) is 4.76. The van der Waals surface area contributed by atoms with E-state index < -0.39 is 30.0 Å². The lowest BCUT2D eigenvalue weighted by molar-refractivity contribution is -0.147. The van der Waals surface area contributed by atoms with Crippen LogP contribution >= 0.6 is 15.9 Å². The molecule has 0 saturated heterocycles. The van der Waals surface area contributed by atoms with Crippen LogP contribution in [-0.4, -0.2) is 5.97 Å². The average molecular weight is 377 g/mol. The van der Waals surface area contributed by atoms with Crippen molar-refractivity contribution in [2.75, 3.05) is 0 Å². The van der Waals surface area contributed by atoms with Crippen molar-refractivity contribution in [1.82, 2.24) is 0 Å². The number of halogens is 4. The van der Waals surface area contributed by atoms with E-state index in [0.717, 1.165) is 0 Å². The number of ether oxygens (including phenoxy) is 1. The molecule has 6 heteroatoms. The van der Waals surface area contributed by atoms with Crippen molar-refractivity contribution < 1.29 is 22.7 Å². The Morgan fingerprint density at radius 3 is 2.59 bits per heavy atom. The summed E-state index contributed by atoms with van der Waals surface area (Å²) in [5, 5.41) is 0. The fraction of sp³-hybridized carbons (Fsp3) is 0.438. The molecule has 1 fully saturated rings. The fourth-order valence-electron chi connectivity index (χ4n) is 2.68. The predicted molar refractivity (Wildman–Crippen MR) is 79.4 cm³/mol. The molecule has 1 aromatic rings. The zero-order chi connectivity index (χ0) is 16.7. The van der Waals surface area contributed by atoms with E-state index in [1.165, 1.54) is 0 Å². The van der Waals surface area contributed by atoms with Gasteiger partial charge in [0.15, 0.2) is 11.6 Å². The third-order valence-electron chi connectivity index (χ3n) is 4.13. The van der Waals surface area contributed by atoms with Crippen molar-refractivity contribution in [2.24, 2.45) is 17.3 Å². The molecule has 0 spiro atoms. The van der Waals surface area contributed by atoms with Crippen molar-refractivity contribution in [1.29, 1.82) is 0 Å². The first-order chi connectivity index (χ1) is 10.2. The van der Waals surface area contributed by atoms with Crippen molar-refractivity contribution in [3.8, 4) is 0 Å². The van der Waals surface area contributed by atoms with Gasteiger partial charge >= 0.3 is 5.97 Å². The highest BCUT2D eigenvalue weighted by atomic mass is 79.9. The Balaban J connectivity index is 2.10. The summed E-state index contributed by atoms with van der Waals surface area (Å²) >= 11 is 2.84. The van der Waals surface area contributed by atoms with Crippen molar-refractivity contribution >= 4 is 21.9 Å². The zero-order valence-electron chi connectivity index (χ0n) is 12.4. The van der Waals surface area contributed by atoms with Crippen LogP contribution < -0.4 is 0 Å². The Labute approximate surface area is 135 Å². The van der Waals surface area contributed by atoms with Gasteiger partial charge in [-0.25, -0.2) is 13.2 Å². The van der Waals surface area contributed by atoms with Gasteiger partial charge in [0, 0.05) is 11.6 Å². The van der Waals surface area contributed by atoms with E-state index in [-0.39, 0.29) is 27.3 Å². The molecule has 0 aliphatic heterocycles. The Kier molecular flexibility index (Phi) is 4.70. The first-order valence-corrected chi connectivity index (χ1v) is 7.62. The van der Waals surface area contributed by atoms with Gasteiger partial charge in [-0.2, -0.15) is 0 Å². The molecule has 0 radical (unpaired) electrons. The topological polar surface area (TPSA) is 26.3 Å². The standard InChI is InChI=1S/C16H16BrF3O2/c1-4-5-9-12(16(9,2)3)15(21)22-7-8-13(17)10(18)6-11(19)14(8)20/h4-6,9,12H,7H2,1-3H3/b5-4-/t9-,12+/m1/s1. The van der Waals surface area contributed by atoms with E-state index >= 15 is 0 Å². The van der Waals surface area contributed by atoms with Crippen LogP contribution in [0.3, 0.4) is 0 Å². The van der Waals surface area contributed by atoms with Crippen LogP contribution in [0, 0.1) is 34.7 Å². The lowest BCUT2D eigenvalue weighted by Crippen LogP contribution is -2.12. The second-order valence-electron chi connectivity index (χ2n) is 5.91. The number of rotatable bonds is 4. The third kappa shape index (κ3) is 2.93. The van der Waals surface area contributed by atoms with Crippen molar-refractivity contribution in [2.45, 2.75) is 27.4 Å². The molecule has 0 bridgehead atoms. The summed E-state index contributed by atoms with van der Waals surface area (Å²) in [7, 11) is 0. The number of carbonyl (C=O) groups excluding carboxylic acids is 1. The van der Waals surface area contributed by atoms with Crippen LogP contribution in [0.1, 0.15) is 26.3 Å². The molecule has 0 N–H and O–H groups in total. The van der Waals surface area contributed by atoms with Crippen LogP contribution in [0.15, 0.2) is 22.7 Å². The van der Waals surface area contributed by atoms with Gasteiger partial charge in [0.25, 0.3) is 0 Å². The molecule has 1 saturated carbocycles. The maximum Gasteiger partial charge on any atom is 0.310 e. The van der Waals surface area contributed by atoms with Crippen molar-refractivity contribution in [3.63, 3.8) is 0 Å². The number of carbonyl (C=O) groups is 1. The maximum absolute atomic E-state index is 13.7. The summed E-state index contributed by atoms with van der Waals surface area (Å²) < 4.78 is 45.1. The van der Waals surface area contributed by atoms with Crippen molar-refractivity contribution in [3.05, 3.63) is 45.7 Å². The third-order valence-corrected chi connectivity index (χ3v) is 4.98.